The number of fused-ring (bicyclic) bond motifs is 1. The normalized spacial score (nSPS) is 10.8. The monoisotopic (exact) mass is 407 g/mol. The quantitative estimate of drug-likeness (QED) is 0.493. The van der Waals surface area contributed by atoms with Gasteiger partial charge in [-0.2, -0.15) is 5.10 Å². The van der Waals surface area contributed by atoms with Gasteiger partial charge in [0.2, 0.25) is 0 Å². The fraction of sp³-hybridized carbons (Fsp3) is 0. The van der Waals surface area contributed by atoms with E-state index in [9.17, 15) is 9.59 Å². The molecule has 31 heavy (non-hydrogen) atoms. The van der Waals surface area contributed by atoms with E-state index in [1.807, 2.05) is 72.8 Å². The van der Waals surface area contributed by atoms with Gasteiger partial charge in [-0.15, -0.1) is 0 Å². The van der Waals surface area contributed by atoms with Crippen LogP contribution in [0.3, 0.4) is 0 Å². The third-order valence-corrected chi connectivity index (χ3v) is 4.97. The fourth-order valence-electron chi connectivity index (χ4n) is 3.37. The van der Waals surface area contributed by atoms with E-state index in [1.54, 1.807) is 16.8 Å². The van der Waals surface area contributed by atoms with Gasteiger partial charge in [-0.3, -0.25) is 15.0 Å². The Kier molecular flexibility index (Phi) is 4.61. The van der Waals surface area contributed by atoms with Crippen LogP contribution in [0.1, 0.15) is 10.4 Å². The lowest BCUT2D eigenvalue weighted by Gasteiger charge is -2.09. The van der Waals surface area contributed by atoms with E-state index >= 15 is 0 Å². The fourth-order valence-corrected chi connectivity index (χ4v) is 3.37. The Morgan fingerprint density at radius 3 is 2.16 bits per heavy atom. The average molecular weight is 407 g/mol. The van der Waals surface area contributed by atoms with Crippen molar-refractivity contribution >= 4 is 16.9 Å². The second kappa shape index (κ2) is 7.72. The van der Waals surface area contributed by atoms with Crippen LogP contribution in [-0.2, 0) is 0 Å². The van der Waals surface area contributed by atoms with Crippen molar-refractivity contribution in [2.45, 2.75) is 0 Å². The molecule has 0 radical (unpaired) electrons. The predicted octanol–water partition coefficient (Wildman–Crippen LogP) is 3.63. The van der Waals surface area contributed by atoms with Crippen molar-refractivity contribution in [3.05, 3.63) is 113 Å². The SMILES string of the molecule is O=C(Nn1cnc2c(cnn2-c2ccccc2)c1=O)c1ccc(-c2ccccc2)cc1. The summed E-state index contributed by atoms with van der Waals surface area (Å²) in [6.07, 6.45) is 2.75. The van der Waals surface area contributed by atoms with Gasteiger partial charge in [0.05, 0.1) is 11.9 Å². The molecule has 3 aromatic carbocycles. The molecule has 0 unspecified atom stereocenters. The summed E-state index contributed by atoms with van der Waals surface area (Å²) in [5, 5.41) is 4.58. The van der Waals surface area contributed by atoms with Crippen LogP contribution < -0.4 is 11.0 Å². The van der Waals surface area contributed by atoms with E-state index < -0.39 is 11.5 Å². The second-order valence-electron chi connectivity index (χ2n) is 6.93. The number of benzene rings is 3. The molecule has 5 rings (SSSR count). The number of aromatic nitrogens is 4. The van der Waals surface area contributed by atoms with Crippen molar-refractivity contribution in [3.8, 4) is 16.8 Å². The molecule has 1 N–H and O–H groups in total. The molecule has 150 valence electrons. The van der Waals surface area contributed by atoms with E-state index in [4.69, 9.17) is 0 Å². The molecule has 1 amide bonds. The van der Waals surface area contributed by atoms with Crippen molar-refractivity contribution < 1.29 is 4.79 Å². The Morgan fingerprint density at radius 2 is 1.45 bits per heavy atom. The maximum Gasteiger partial charge on any atom is 0.283 e. The Hall–Kier alpha value is -4.52. The Balaban J connectivity index is 1.41. The van der Waals surface area contributed by atoms with Crippen LogP contribution in [0.4, 0.5) is 0 Å². The summed E-state index contributed by atoms with van der Waals surface area (Å²) < 4.78 is 2.66. The molecular formula is C24H17N5O2. The third-order valence-electron chi connectivity index (χ3n) is 4.97. The molecular weight excluding hydrogens is 390 g/mol. The van der Waals surface area contributed by atoms with Crippen LogP contribution in [0.15, 0.2) is 102 Å². The number of carbonyl (C=O) groups excluding carboxylic acids is 1. The summed E-state index contributed by atoms with van der Waals surface area (Å²) in [5.41, 5.74) is 5.92. The summed E-state index contributed by atoms with van der Waals surface area (Å²) >= 11 is 0. The summed E-state index contributed by atoms with van der Waals surface area (Å²) in [5.74, 6) is -0.404. The molecule has 7 heteroatoms. The first-order valence-electron chi connectivity index (χ1n) is 9.68. The Bertz CT molecular complexity index is 1420. The zero-order chi connectivity index (χ0) is 21.2. The maximum atomic E-state index is 12.8. The van der Waals surface area contributed by atoms with Crippen LogP contribution in [0.2, 0.25) is 0 Å². The number of hydrogen-bond acceptors (Lipinski definition) is 4. The lowest BCUT2D eigenvalue weighted by Crippen LogP contribution is -2.33. The standard InChI is InChI=1S/C24H17N5O2/c30-23(19-13-11-18(12-14-19)17-7-3-1-4-8-17)27-28-16-25-22-21(24(28)31)15-26-29(22)20-9-5-2-6-10-20/h1-16H,(H,27,30). The zero-order valence-corrected chi connectivity index (χ0v) is 16.3. The lowest BCUT2D eigenvalue weighted by molar-refractivity contribution is 0.101. The van der Waals surface area contributed by atoms with Crippen LogP contribution >= 0.6 is 0 Å². The number of amides is 1. The molecule has 2 aromatic heterocycles. The van der Waals surface area contributed by atoms with Gasteiger partial charge in [-0.05, 0) is 35.4 Å². The average Bonchev–Trinajstić information content (AvgIpc) is 3.27. The number of para-hydroxylation sites is 1. The molecule has 0 saturated carbocycles. The Morgan fingerprint density at radius 1 is 0.806 bits per heavy atom. The number of rotatable bonds is 4. The van der Waals surface area contributed by atoms with Gasteiger partial charge >= 0.3 is 0 Å². The molecule has 7 nitrogen and oxygen atoms in total. The molecule has 0 aliphatic carbocycles. The first-order chi connectivity index (χ1) is 15.2. The highest BCUT2D eigenvalue weighted by atomic mass is 16.2. The lowest BCUT2D eigenvalue weighted by atomic mass is 10.0. The van der Waals surface area contributed by atoms with Crippen LogP contribution in [0.25, 0.3) is 27.8 Å². The Labute approximate surface area is 177 Å². The summed E-state index contributed by atoms with van der Waals surface area (Å²) in [7, 11) is 0. The van der Waals surface area contributed by atoms with E-state index in [2.05, 4.69) is 15.5 Å². The number of nitrogens with one attached hydrogen (secondary N) is 1. The molecule has 0 atom stereocenters. The molecule has 0 aliphatic rings. The zero-order valence-electron chi connectivity index (χ0n) is 16.3. The molecule has 0 bridgehead atoms. The second-order valence-corrected chi connectivity index (χ2v) is 6.93. The first kappa shape index (κ1) is 18.5. The highest BCUT2D eigenvalue weighted by Crippen LogP contribution is 2.19. The van der Waals surface area contributed by atoms with Crippen molar-refractivity contribution in [2.75, 3.05) is 5.43 Å². The molecule has 2 heterocycles. The number of carbonyl (C=O) groups is 1. The van der Waals surface area contributed by atoms with Gasteiger partial charge in [-0.25, -0.2) is 14.3 Å². The summed E-state index contributed by atoms with van der Waals surface area (Å²) in [6.45, 7) is 0. The molecule has 0 fully saturated rings. The molecule has 0 spiro atoms. The van der Waals surface area contributed by atoms with Crippen LogP contribution in [0.5, 0.6) is 0 Å². The van der Waals surface area contributed by atoms with E-state index in [1.165, 1.54) is 12.5 Å². The van der Waals surface area contributed by atoms with Gasteiger partial charge in [0.25, 0.3) is 11.5 Å². The summed E-state index contributed by atoms with van der Waals surface area (Å²) in [4.78, 5) is 29.8. The number of nitrogens with zero attached hydrogens (tertiary/aromatic N) is 4. The molecule has 0 aliphatic heterocycles. The van der Waals surface area contributed by atoms with Crippen molar-refractivity contribution in [2.24, 2.45) is 0 Å². The van der Waals surface area contributed by atoms with E-state index in [0.717, 1.165) is 21.5 Å². The van der Waals surface area contributed by atoms with E-state index in [-0.39, 0.29) is 0 Å². The molecule has 0 saturated heterocycles. The van der Waals surface area contributed by atoms with Gasteiger partial charge in [0.15, 0.2) is 5.65 Å². The largest absolute Gasteiger partial charge is 0.283 e. The molecule has 5 aromatic rings. The topological polar surface area (TPSA) is 81.8 Å². The highest BCUT2D eigenvalue weighted by molar-refractivity contribution is 6.00. The minimum absolute atomic E-state index is 0.311. The van der Waals surface area contributed by atoms with Crippen molar-refractivity contribution in [3.63, 3.8) is 0 Å². The minimum atomic E-state index is -0.404. The van der Waals surface area contributed by atoms with Gasteiger partial charge in [0, 0.05) is 5.56 Å². The van der Waals surface area contributed by atoms with Gasteiger partial charge < -0.3 is 0 Å². The van der Waals surface area contributed by atoms with Crippen LogP contribution in [-0.4, -0.2) is 25.3 Å². The number of hydrogen-bond donors (Lipinski definition) is 1. The summed E-state index contributed by atoms with van der Waals surface area (Å²) in [6, 6.07) is 26.5. The smallest absolute Gasteiger partial charge is 0.267 e. The van der Waals surface area contributed by atoms with Gasteiger partial charge in [-0.1, -0.05) is 60.7 Å². The maximum absolute atomic E-state index is 12.8. The highest BCUT2D eigenvalue weighted by Gasteiger charge is 2.13. The predicted molar refractivity (Wildman–Crippen MR) is 119 cm³/mol. The first-order valence-corrected chi connectivity index (χ1v) is 9.68. The van der Waals surface area contributed by atoms with Crippen LogP contribution in [0, 0.1) is 0 Å². The minimum Gasteiger partial charge on any atom is -0.267 e. The third kappa shape index (κ3) is 3.49. The van der Waals surface area contributed by atoms with Gasteiger partial charge in [0.1, 0.15) is 11.7 Å². The van der Waals surface area contributed by atoms with Crippen molar-refractivity contribution in [1.29, 1.82) is 0 Å². The van der Waals surface area contributed by atoms with Crippen molar-refractivity contribution in [1.82, 2.24) is 19.4 Å². The van der Waals surface area contributed by atoms with E-state index in [0.29, 0.717) is 16.6 Å².